The maximum absolute atomic E-state index is 12.5. The van der Waals surface area contributed by atoms with E-state index in [1.807, 2.05) is 13.8 Å². The fourth-order valence-corrected chi connectivity index (χ4v) is 3.27. The Bertz CT molecular complexity index is 348. The Morgan fingerprint density at radius 1 is 1.04 bits per heavy atom. The molecule has 0 atom stereocenters. The Hall–Kier alpha value is -0.620. The zero-order valence-corrected chi connectivity index (χ0v) is 16.0. The summed E-state index contributed by atoms with van der Waals surface area (Å²) in [6.07, 6.45) is 5.83. The van der Waals surface area contributed by atoms with Gasteiger partial charge in [-0.15, -0.1) is 0 Å². The number of unbranched alkanes of at least 4 members (excludes halogenated alkanes) is 2. The van der Waals surface area contributed by atoms with Crippen LogP contribution in [0, 0.1) is 5.92 Å². The van der Waals surface area contributed by atoms with Crippen molar-refractivity contribution in [3.05, 3.63) is 0 Å². The average molecular weight is 392 g/mol. The molecule has 0 amide bonds. The van der Waals surface area contributed by atoms with Crippen molar-refractivity contribution in [3.63, 3.8) is 0 Å². The molecule has 1 N–H and O–H groups in total. The van der Waals surface area contributed by atoms with E-state index in [1.54, 1.807) is 0 Å². The molecule has 0 unspecified atom stereocenters. The van der Waals surface area contributed by atoms with Crippen molar-refractivity contribution >= 4 is 27.9 Å². The molecule has 0 aromatic heterocycles. The number of alkyl halides is 1. The maximum Gasteiger partial charge on any atom is 0.334 e. The molecule has 23 heavy (non-hydrogen) atoms. The van der Waals surface area contributed by atoms with Gasteiger partial charge in [0.15, 0.2) is 0 Å². The fraction of sp³-hybridized carbons (Fsp3) is 0.882. The number of nitrogens with one attached hydrogen (secondary N) is 1. The lowest BCUT2D eigenvalue weighted by molar-refractivity contribution is -0.159. The van der Waals surface area contributed by atoms with Crippen LogP contribution in [-0.4, -0.2) is 42.6 Å². The van der Waals surface area contributed by atoms with Crippen LogP contribution >= 0.6 is 15.9 Å². The quantitative estimate of drug-likeness (QED) is 0.268. The molecule has 1 saturated heterocycles. The first-order valence-corrected chi connectivity index (χ1v) is 9.58. The Balaban J connectivity index is 2.71. The highest BCUT2D eigenvalue weighted by Gasteiger charge is 2.48. The van der Waals surface area contributed by atoms with Crippen LogP contribution in [-0.2, 0) is 19.1 Å². The first-order chi connectivity index (χ1) is 11.0. The molecular weight excluding hydrogens is 362 g/mol. The van der Waals surface area contributed by atoms with Crippen molar-refractivity contribution in [2.45, 2.75) is 63.1 Å². The van der Waals surface area contributed by atoms with Crippen molar-refractivity contribution < 1.29 is 19.1 Å². The van der Waals surface area contributed by atoms with Gasteiger partial charge in [-0.3, -0.25) is 0 Å². The normalized spacial score (nSPS) is 16.1. The summed E-state index contributed by atoms with van der Waals surface area (Å²) in [5.74, 6) is -0.704. The Morgan fingerprint density at radius 2 is 1.52 bits per heavy atom. The zero-order chi connectivity index (χ0) is 17.1. The highest BCUT2D eigenvalue weighted by atomic mass is 79.9. The van der Waals surface area contributed by atoms with Crippen molar-refractivity contribution in [1.82, 2.24) is 5.32 Å². The van der Waals surface area contributed by atoms with Crippen molar-refractivity contribution in [2.24, 2.45) is 5.92 Å². The van der Waals surface area contributed by atoms with Gasteiger partial charge < -0.3 is 14.8 Å². The largest absolute Gasteiger partial charge is 0.464 e. The SMILES string of the molecule is CCCCOC(=O)C(Br)(CC1CCNCC1)C(=O)OCCCC. The van der Waals surface area contributed by atoms with Gasteiger partial charge >= 0.3 is 11.9 Å². The standard InChI is InChI=1S/C17H30BrNO4/c1-3-5-11-22-15(20)17(18,16(21)23-12-6-4-2)13-14-7-9-19-10-8-14/h14,19H,3-13H2,1-2H3. The fourth-order valence-electron chi connectivity index (χ4n) is 2.58. The predicted molar refractivity (Wildman–Crippen MR) is 93.6 cm³/mol. The summed E-state index contributed by atoms with van der Waals surface area (Å²) in [5.41, 5.74) is 0. The number of carbonyl (C=O) groups excluding carboxylic acids is 2. The molecule has 1 rings (SSSR count). The van der Waals surface area contributed by atoms with Crippen molar-refractivity contribution in [1.29, 1.82) is 0 Å². The van der Waals surface area contributed by atoms with Gasteiger partial charge in [0.1, 0.15) is 0 Å². The van der Waals surface area contributed by atoms with Crippen LogP contribution in [0.2, 0.25) is 0 Å². The number of ether oxygens (including phenoxy) is 2. The summed E-state index contributed by atoms with van der Waals surface area (Å²) in [5, 5.41) is 3.30. The first-order valence-electron chi connectivity index (χ1n) is 8.78. The molecule has 5 nitrogen and oxygen atoms in total. The lowest BCUT2D eigenvalue weighted by Crippen LogP contribution is -2.46. The Labute approximate surface area is 148 Å². The molecule has 0 saturated carbocycles. The summed E-state index contributed by atoms with van der Waals surface area (Å²) in [4.78, 5) is 25.0. The van der Waals surface area contributed by atoms with E-state index in [2.05, 4.69) is 21.2 Å². The monoisotopic (exact) mass is 391 g/mol. The molecule has 0 spiro atoms. The number of hydrogen-bond acceptors (Lipinski definition) is 5. The number of hydrogen-bond donors (Lipinski definition) is 1. The molecule has 1 heterocycles. The molecule has 1 fully saturated rings. The molecule has 0 radical (unpaired) electrons. The van der Waals surface area contributed by atoms with Gasteiger partial charge in [-0.1, -0.05) is 42.6 Å². The number of halogens is 1. The van der Waals surface area contributed by atoms with Gasteiger partial charge in [0.05, 0.1) is 13.2 Å². The van der Waals surface area contributed by atoms with Crippen LogP contribution in [0.15, 0.2) is 0 Å². The van der Waals surface area contributed by atoms with E-state index >= 15 is 0 Å². The molecule has 134 valence electrons. The highest BCUT2D eigenvalue weighted by molar-refractivity contribution is 9.10. The molecule has 0 aromatic carbocycles. The summed E-state index contributed by atoms with van der Waals surface area (Å²) in [6.45, 7) is 6.59. The zero-order valence-electron chi connectivity index (χ0n) is 14.4. The van der Waals surface area contributed by atoms with Gasteiger partial charge in [0.25, 0.3) is 0 Å². The minimum absolute atomic E-state index is 0.313. The molecule has 0 aromatic rings. The minimum atomic E-state index is -1.36. The number of piperidine rings is 1. The van der Waals surface area contributed by atoms with E-state index in [-0.39, 0.29) is 0 Å². The predicted octanol–water partition coefficient (Wildman–Crippen LogP) is 3.20. The van der Waals surface area contributed by atoms with Crippen LogP contribution in [0.4, 0.5) is 0 Å². The molecule has 0 aliphatic carbocycles. The summed E-state index contributed by atoms with van der Waals surface area (Å²) in [6, 6.07) is 0. The second-order valence-corrected chi connectivity index (χ2v) is 7.53. The Morgan fingerprint density at radius 3 is 1.96 bits per heavy atom. The molecule has 0 bridgehead atoms. The third-order valence-corrected chi connectivity index (χ3v) is 5.11. The van der Waals surface area contributed by atoms with Crippen LogP contribution < -0.4 is 5.32 Å². The van der Waals surface area contributed by atoms with Crippen LogP contribution in [0.3, 0.4) is 0 Å². The highest BCUT2D eigenvalue weighted by Crippen LogP contribution is 2.33. The molecule has 1 aliphatic rings. The molecule has 6 heteroatoms. The molecular formula is C17H30BrNO4. The van der Waals surface area contributed by atoms with Gasteiger partial charge in [0, 0.05) is 0 Å². The van der Waals surface area contributed by atoms with Gasteiger partial charge in [-0.25, -0.2) is 9.59 Å². The van der Waals surface area contributed by atoms with E-state index in [0.29, 0.717) is 25.6 Å². The smallest absolute Gasteiger partial charge is 0.334 e. The third kappa shape index (κ3) is 6.79. The number of esters is 2. The summed E-state index contributed by atoms with van der Waals surface area (Å²) >= 11 is 3.39. The van der Waals surface area contributed by atoms with E-state index in [0.717, 1.165) is 51.6 Å². The topological polar surface area (TPSA) is 64.6 Å². The van der Waals surface area contributed by atoms with E-state index < -0.39 is 16.3 Å². The number of rotatable bonds is 10. The van der Waals surface area contributed by atoms with Crippen molar-refractivity contribution in [3.8, 4) is 0 Å². The van der Waals surface area contributed by atoms with Crippen LogP contribution in [0.1, 0.15) is 58.8 Å². The maximum atomic E-state index is 12.5. The second-order valence-electron chi connectivity index (χ2n) is 6.18. The Kier molecular flexibility index (Phi) is 9.79. The van der Waals surface area contributed by atoms with E-state index in [9.17, 15) is 9.59 Å². The van der Waals surface area contributed by atoms with E-state index in [4.69, 9.17) is 9.47 Å². The van der Waals surface area contributed by atoms with Crippen LogP contribution in [0.25, 0.3) is 0 Å². The average Bonchev–Trinajstić information content (AvgIpc) is 2.55. The van der Waals surface area contributed by atoms with Crippen LogP contribution in [0.5, 0.6) is 0 Å². The lowest BCUT2D eigenvalue weighted by Gasteiger charge is -2.30. The van der Waals surface area contributed by atoms with Gasteiger partial charge in [-0.05, 0) is 51.1 Å². The van der Waals surface area contributed by atoms with E-state index in [1.165, 1.54) is 0 Å². The van der Waals surface area contributed by atoms with Gasteiger partial charge in [-0.2, -0.15) is 0 Å². The second kappa shape index (κ2) is 11.0. The van der Waals surface area contributed by atoms with Gasteiger partial charge in [0.2, 0.25) is 4.32 Å². The molecule has 1 aliphatic heterocycles. The third-order valence-electron chi connectivity index (χ3n) is 4.14. The minimum Gasteiger partial charge on any atom is -0.464 e. The summed E-state index contributed by atoms with van der Waals surface area (Å²) < 4.78 is 9.26. The first kappa shape index (κ1) is 20.4. The number of carbonyl (C=O) groups is 2. The summed E-state index contributed by atoms with van der Waals surface area (Å²) in [7, 11) is 0. The van der Waals surface area contributed by atoms with Crippen molar-refractivity contribution in [2.75, 3.05) is 26.3 Å². The lowest BCUT2D eigenvalue weighted by atomic mass is 9.87.